The van der Waals surface area contributed by atoms with Crippen molar-refractivity contribution in [3.63, 3.8) is 0 Å². The van der Waals surface area contributed by atoms with Crippen LogP contribution in [0.4, 0.5) is 0 Å². The van der Waals surface area contributed by atoms with Crippen molar-refractivity contribution in [2.75, 3.05) is 13.2 Å². The molecule has 0 spiro atoms. The van der Waals surface area contributed by atoms with Gasteiger partial charge < -0.3 is 10.2 Å². The van der Waals surface area contributed by atoms with Crippen LogP contribution >= 0.6 is 0 Å². The second-order valence-electron chi connectivity index (χ2n) is 5.22. The van der Waals surface area contributed by atoms with E-state index in [9.17, 15) is 15.0 Å². The fourth-order valence-electron chi connectivity index (χ4n) is 3.64. The quantitative estimate of drug-likeness (QED) is 0.722. The number of aliphatic carboxylic acids is 1. The Hall–Kier alpha value is -1.40. The van der Waals surface area contributed by atoms with Crippen LogP contribution in [-0.2, 0) is 4.79 Å². The van der Waals surface area contributed by atoms with Crippen LogP contribution in [0.2, 0.25) is 0 Å². The maximum atomic E-state index is 11.6. The highest BCUT2D eigenvalue weighted by Crippen LogP contribution is 2.51. The summed E-state index contributed by atoms with van der Waals surface area (Å²) in [5.41, 5.74) is 0.0378. The van der Waals surface area contributed by atoms with E-state index in [0.717, 1.165) is 18.7 Å². The van der Waals surface area contributed by atoms with Crippen LogP contribution in [0.25, 0.3) is 0 Å². The Morgan fingerprint density at radius 3 is 3.11 bits per heavy atom. The van der Waals surface area contributed by atoms with Gasteiger partial charge in [0.25, 0.3) is 0 Å². The molecule has 2 saturated heterocycles. The van der Waals surface area contributed by atoms with Crippen LogP contribution in [0.5, 0.6) is 0 Å². The van der Waals surface area contributed by atoms with Gasteiger partial charge in [-0.2, -0.15) is 5.10 Å². The van der Waals surface area contributed by atoms with Gasteiger partial charge in [0.2, 0.25) is 0 Å². The van der Waals surface area contributed by atoms with Crippen LogP contribution in [0, 0.1) is 5.92 Å². The van der Waals surface area contributed by atoms with E-state index < -0.39 is 11.5 Å². The van der Waals surface area contributed by atoms with Crippen molar-refractivity contribution in [3.05, 3.63) is 18.0 Å². The Balaban J connectivity index is 2.01. The number of aliphatic hydroxyl groups excluding tert-OH is 1. The van der Waals surface area contributed by atoms with Crippen LogP contribution in [-0.4, -0.2) is 50.0 Å². The Bertz CT molecular complexity index is 447. The predicted molar refractivity (Wildman–Crippen MR) is 62.8 cm³/mol. The standard InChI is InChI=1S/C12H17N3O3/c16-7-8-6-12(11(17)18)3-1-5-15(12)10(8)9-2-4-13-14-9/h2,4,8,10,16H,1,3,5-7H2,(H,13,14)(H,17,18)/t8-,10-,12-/m1/s1. The first-order valence-corrected chi connectivity index (χ1v) is 6.30. The third kappa shape index (κ3) is 1.42. The lowest BCUT2D eigenvalue weighted by atomic mass is 9.88. The van der Waals surface area contributed by atoms with Crippen LogP contribution in [0.1, 0.15) is 31.0 Å². The zero-order chi connectivity index (χ0) is 12.8. The van der Waals surface area contributed by atoms with Crippen molar-refractivity contribution in [1.29, 1.82) is 0 Å². The molecule has 3 atom stereocenters. The summed E-state index contributed by atoms with van der Waals surface area (Å²) in [4.78, 5) is 13.7. The largest absolute Gasteiger partial charge is 0.480 e. The second kappa shape index (κ2) is 4.07. The van der Waals surface area contributed by atoms with Gasteiger partial charge in [0.1, 0.15) is 5.54 Å². The number of nitrogens with one attached hydrogen (secondary N) is 1. The van der Waals surface area contributed by atoms with Gasteiger partial charge in [-0.1, -0.05) is 0 Å². The van der Waals surface area contributed by atoms with E-state index in [1.807, 2.05) is 11.0 Å². The molecule has 2 fully saturated rings. The van der Waals surface area contributed by atoms with E-state index in [2.05, 4.69) is 10.2 Å². The van der Waals surface area contributed by atoms with Gasteiger partial charge in [-0.15, -0.1) is 0 Å². The van der Waals surface area contributed by atoms with Crippen molar-refractivity contribution in [2.24, 2.45) is 5.92 Å². The number of fused-ring (bicyclic) bond motifs is 1. The van der Waals surface area contributed by atoms with E-state index in [1.54, 1.807) is 6.20 Å². The molecule has 0 bridgehead atoms. The molecule has 3 heterocycles. The number of aliphatic hydroxyl groups is 1. The highest BCUT2D eigenvalue weighted by Gasteiger charge is 2.59. The first-order chi connectivity index (χ1) is 8.69. The van der Waals surface area contributed by atoms with Crippen LogP contribution in [0.3, 0.4) is 0 Å². The normalized spacial score (nSPS) is 35.8. The second-order valence-corrected chi connectivity index (χ2v) is 5.22. The van der Waals surface area contributed by atoms with Gasteiger partial charge in [-0.3, -0.25) is 14.8 Å². The fraction of sp³-hybridized carbons (Fsp3) is 0.667. The lowest BCUT2D eigenvalue weighted by Crippen LogP contribution is -2.46. The molecule has 0 radical (unpaired) electrons. The van der Waals surface area contributed by atoms with E-state index in [1.165, 1.54) is 0 Å². The summed E-state index contributed by atoms with van der Waals surface area (Å²) < 4.78 is 0. The lowest BCUT2D eigenvalue weighted by molar-refractivity contribution is -0.148. The maximum Gasteiger partial charge on any atom is 0.324 e. The van der Waals surface area contributed by atoms with Gasteiger partial charge in [0, 0.05) is 25.3 Å². The smallest absolute Gasteiger partial charge is 0.324 e. The van der Waals surface area contributed by atoms with Gasteiger partial charge in [-0.25, -0.2) is 0 Å². The van der Waals surface area contributed by atoms with Gasteiger partial charge in [0.15, 0.2) is 0 Å². The van der Waals surface area contributed by atoms with Crippen LogP contribution in [0.15, 0.2) is 12.3 Å². The molecular formula is C12H17N3O3. The zero-order valence-electron chi connectivity index (χ0n) is 10.0. The zero-order valence-corrected chi connectivity index (χ0v) is 10.0. The van der Waals surface area contributed by atoms with Crippen molar-refractivity contribution in [1.82, 2.24) is 15.1 Å². The number of H-pyrrole nitrogens is 1. The SMILES string of the molecule is O=C(O)[C@]12CCCN1[C@@H](c1cc[nH]n1)[C@@H](CO)C2. The number of hydrogen-bond acceptors (Lipinski definition) is 4. The number of nitrogens with zero attached hydrogens (tertiary/aromatic N) is 2. The number of carboxylic acid groups (broad SMARTS) is 1. The highest BCUT2D eigenvalue weighted by molar-refractivity contribution is 5.80. The summed E-state index contributed by atoms with van der Waals surface area (Å²) >= 11 is 0. The fourth-order valence-corrected chi connectivity index (χ4v) is 3.64. The molecule has 0 saturated carbocycles. The average Bonchev–Trinajstić information content (AvgIpc) is 3.02. The summed E-state index contributed by atoms with van der Waals surface area (Å²) in [5.74, 6) is -0.818. The number of carboxylic acids is 1. The molecule has 2 aliphatic heterocycles. The lowest BCUT2D eigenvalue weighted by Gasteiger charge is -2.30. The number of aromatic nitrogens is 2. The van der Waals surface area contributed by atoms with Crippen molar-refractivity contribution >= 4 is 5.97 Å². The number of aromatic amines is 1. The van der Waals surface area contributed by atoms with E-state index in [4.69, 9.17) is 0 Å². The highest BCUT2D eigenvalue weighted by atomic mass is 16.4. The maximum absolute atomic E-state index is 11.6. The molecule has 3 N–H and O–H groups in total. The third-order valence-corrected chi connectivity index (χ3v) is 4.38. The molecule has 0 aliphatic carbocycles. The summed E-state index contributed by atoms with van der Waals surface area (Å²) in [6.45, 7) is 0.767. The summed E-state index contributed by atoms with van der Waals surface area (Å²) in [6, 6.07) is 1.78. The van der Waals surface area contributed by atoms with Crippen molar-refractivity contribution in [2.45, 2.75) is 30.8 Å². The first kappa shape index (κ1) is 11.7. The molecule has 98 valence electrons. The Labute approximate surface area is 105 Å². The summed E-state index contributed by atoms with van der Waals surface area (Å²) in [7, 11) is 0. The molecule has 6 heteroatoms. The molecule has 2 aliphatic rings. The minimum absolute atomic E-state index is 0.00303. The predicted octanol–water partition coefficient (Wildman–Crippen LogP) is 0.382. The molecular weight excluding hydrogens is 234 g/mol. The average molecular weight is 251 g/mol. The molecule has 18 heavy (non-hydrogen) atoms. The minimum Gasteiger partial charge on any atom is -0.480 e. The molecule has 0 unspecified atom stereocenters. The summed E-state index contributed by atoms with van der Waals surface area (Å²) in [5, 5.41) is 26.0. The van der Waals surface area contributed by atoms with Gasteiger partial charge in [0.05, 0.1) is 11.7 Å². The first-order valence-electron chi connectivity index (χ1n) is 6.30. The monoisotopic (exact) mass is 251 g/mol. The van der Waals surface area contributed by atoms with Crippen molar-refractivity contribution in [3.8, 4) is 0 Å². The molecule has 0 amide bonds. The number of carbonyl (C=O) groups is 1. The minimum atomic E-state index is -0.795. The van der Waals surface area contributed by atoms with Crippen LogP contribution < -0.4 is 0 Å². The Morgan fingerprint density at radius 2 is 2.50 bits per heavy atom. The summed E-state index contributed by atoms with van der Waals surface area (Å²) in [6.07, 6.45) is 3.81. The van der Waals surface area contributed by atoms with Crippen molar-refractivity contribution < 1.29 is 15.0 Å². The van der Waals surface area contributed by atoms with Gasteiger partial charge >= 0.3 is 5.97 Å². The van der Waals surface area contributed by atoms with E-state index >= 15 is 0 Å². The Morgan fingerprint density at radius 1 is 1.67 bits per heavy atom. The van der Waals surface area contributed by atoms with Gasteiger partial charge in [-0.05, 0) is 25.3 Å². The number of rotatable bonds is 3. The Kier molecular flexibility index (Phi) is 2.64. The molecule has 0 aromatic carbocycles. The molecule has 1 aromatic heterocycles. The molecule has 3 rings (SSSR count). The number of hydrogen-bond donors (Lipinski definition) is 3. The molecule has 6 nitrogen and oxygen atoms in total. The topological polar surface area (TPSA) is 89.5 Å². The third-order valence-electron chi connectivity index (χ3n) is 4.38. The van der Waals surface area contributed by atoms with E-state index in [0.29, 0.717) is 12.8 Å². The van der Waals surface area contributed by atoms with E-state index in [-0.39, 0.29) is 18.6 Å². The molecule has 1 aromatic rings.